The van der Waals surface area contributed by atoms with E-state index in [0.29, 0.717) is 43.4 Å². The predicted molar refractivity (Wildman–Crippen MR) is 91.8 cm³/mol. The lowest BCUT2D eigenvalue weighted by Crippen LogP contribution is -2.49. The number of amides is 1. The molecule has 1 atom stereocenters. The number of hydrogen-bond acceptors (Lipinski definition) is 6. The normalized spacial score (nSPS) is 17.6. The van der Waals surface area contributed by atoms with E-state index in [1.807, 2.05) is 0 Å². The summed E-state index contributed by atoms with van der Waals surface area (Å²) >= 11 is 0. The first-order valence-electron chi connectivity index (χ1n) is 8.15. The van der Waals surface area contributed by atoms with Gasteiger partial charge in [-0.25, -0.2) is 4.98 Å². The zero-order chi connectivity index (χ0) is 18.0. The third-order valence-electron chi connectivity index (χ3n) is 4.35. The number of aromatic nitrogens is 2. The van der Waals surface area contributed by atoms with Crippen molar-refractivity contribution in [3.63, 3.8) is 0 Å². The lowest BCUT2D eigenvalue weighted by molar-refractivity contribution is -0.0172. The molecule has 0 aliphatic carbocycles. The highest BCUT2D eigenvalue weighted by Gasteiger charge is 2.28. The molecule has 0 spiro atoms. The minimum atomic E-state index is -0.193. The molecule has 1 aliphatic heterocycles. The van der Waals surface area contributed by atoms with E-state index in [0.717, 1.165) is 0 Å². The number of likely N-dealkylation sites (N-methyl/N-ethyl adjacent to an activating group) is 1. The highest BCUT2D eigenvalue weighted by atomic mass is 16.5. The number of ether oxygens (including phenoxy) is 1. The SMILES string of the molecule is Cc1occc1C(=O)N1CCO[C@H](CN(C)c2nccn(C)c2=O)C1. The molecule has 3 rings (SSSR count). The average molecular weight is 346 g/mol. The minimum Gasteiger partial charge on any atom is -0.469 e. The molecule has 3 heterocycles. The molecule has 1 amide bonds. The Balaban J connectivity index is 1.67. The quantitative estimate of drug-likeness (QED) is 0.809. The Kier molecular flexibility index (Phi) is 4.89. The second kappa shape index (κ2) is 7.10. The van der Waals surface area contributed by atoms with Crippen molar-refractivity contribution in [2.24, 2.45) is 7.05 Å². The van der Waals surface area contributed by atoms with E-state index in [9.17, 15) is 9.59 Å². The van der Waals surface area contributed by atoms with Crippen LogP contribution < -0.4 is 10.5 Å². The molecule has 134 valence electrons. The van der Waals surface area contributed by atoms with Gasteiger partial charge in [-0.05, 0) is 13.0 Å². The van der Waals surface area contributed by atoms with Crippen LogP contribution in [0.1, 0.15) is 16.1 Å². The maximum atomic E-state index is 12.6. The van der Waals surface area contributed by atoms with E-state index in [4.69, 9.17) is 9.15 Å². The van der Waals surface area contributed by atoms with E-state index in [1.165, 1.54) is 10.8 Å². The van der Waals surface area contributed by atoms with Crippen molar-refractivity contribution >= 4 is 11.7 Å². The van der Waals surface area contributed by atoms with Crippen molar-refractivity contribution in [2.75, 3.05) is 38.2 Å². The summed E-state index contributed by atoms with van der Waals surface area (Å²) in [7, 11) is 3.49. The smallest absolute Gasteiger partial charge is 0.293 e. The van der Waals surface area contributed by atoms with Crippen LogP contribution in [0.5, 0.6) is 0 Å². The number of rotatable bonds is 4. The van der Waals surface area contributed by atoms with Gasteiger partial charge in [0.1, 0.15) is 5.76 Å². The summed E-state index contributed by atoms with van der Waals surface area (Å²) in [6.45, 7) is 3.70. The Morgan fingerprint density at radius 1 is 1.48 bits per heavy atom. The summed E-state index contributed by atoms with van der Waals surface area (Å²) in [5, 5.41) is 0. The Hall–Kier alpha value is -2.61. The first-order chi connectivity index (χ1) is 12.0. The molecule has 0 saturated carbocycles. The number of hydrogen-bond donors (Lipinski definition) is 0. The van der Waals surface area contributed by atoms with Gasteiger partial charge < -0.3 is 23.5 Å². The van der Waals surface area contributed by atoms with Gasteiger partial charge in [-0.3, -0.25) is 9.59 Å². The van der Waals surface area contributed by atoms with Crippen molar-refractivity contribution in [1.82, 2.24) is 14.5 Å². The number of furan rings is 1. The summed E-state index contributed by atoms with van der Waals surface area (Å²) in [4.78, 5) is 32.5. The van der Waals surface area contributed by atoms with E-state index in [2.05, 4.69) is 4.98 Å². The van der Waals surface area contributed by atoms with E-state index in [1.54, 1.807) is 49.3 Å². The molecule has 0 radical (unpaired) electrons. The molecule has 0 bridgehead atoms. The van der Waals surface area contributed by atoms with Gasteiger partial charge in [0.2, 0.25) is 0 Å². The molecule has 8 nitrogen and oxygen atoms in total. The van der Waals surface area contributed by atoms with Crippen molar-refractivity contribution < 1.29 is 13.9 Å². The largest absolute Gasteiger partial charge is 0.469 e. The molecule has 1 saturated heterocycles. The molecule has 2 aromatic rings. The highest BCUT2D eigenvalue weighted by molar-refractivity contribution is 5.95. The van der Waals surface area contributed by atoms with Crippen molar-refractivity contribution in [3.8, 4) is 0 Å². The van der Waals surface area contributed by atoms with Crippen molar-refractivity contribution in [2.45, 2.75) is 13.0 Å². The summed E-state index contributed by atoms with van der Waals surface area (Å²) in [5.74, 6) is 0.917. The summed E-state index contributed by atoms with van der Waals surface area (Å²) in [5.41, 5.74) is 0.412. The molecule has 1 fully saturated rings. The molecule has 25 heavy (non-hydrogen) atoms. The minimum absolute atomic E-state index is 0.0593. The zero-order valence-electron chi connectivity index (χ0n) is 14.6. The second-order valence-electron chi connectivity index (χ2n) is 6.18. The Morgan fingerprint density at radius 3 is 3.00 bits per heavy atom. The second-order valence-corrected chi connectivity index (χ2v) is 6.18. The third-order valence-corrected chi connectivity index (χ3v) is 4.35. The number of carbonyl (C=O) groups excluding carboxylic acids is 1. The Morgan fingerprint density at radius 2 is 2.28 bits per heavy atom. The zero-order valence-corrected chi connectivity index (χ0v) is 14.6. The molecular weight excluding hydrogens is 324 g/mol. The van der Waals surface area contributed by atoms with Gasteiger partial charge >= 0.3 is 0 Å². The average Bonchev–Trinajstić information content (AvgIpc) is 3.03. The molecule has 1 aliphatic rings. The first-order valence-corrected chi connectivity index (χ1v) is 8.15. The number of anilines is 1. The fourth-order valence-corrected chi connectivity index (χ4v) is 2.93. The monoisotopic (exact) mass is 346 g/mol. The summed E-state index contributed by atoms with van der Waals surface area (Å²) in [6.07, 6.45) is 4.53. The third kappa shape index (κ3) is 3.58. The number of carbonyl (C=O) groups is 1. The molecule has 0 N–H and O–H groups in total. The summed E-state index contributed by atoms with van der Waals surface area (Å²) in [6, 6.07) is 1.69. The fraction of sp³-hybridized carbons (Fsp3) is 0.471. The Bertz CT molecular complexity index is 813. The van der Waals surface area contributed by atoms with Crippen LogP contribution in [0, 0.1) is 6.92 Å². The van der Waals surface area contributed by atoms with Crippen LogP contribution in [0.25, 0.3) is 0 Å². The molecule has 8 heteroatoms. The van der Waals surface area contributed by atoms with Crippen LogP contribution in [0.2, 0.25) is 0 Å². The summed E-state index contributed by atoms with van der Waals surface area (Å²) < 4.78 is 12.5. The van der Waals surface area contributed by atoms with Crippen LogP contribution in [0.15, 0.2) is 33.9 Å². The standard InChI is InChI=1S/C17H22N4O4/c1-12-14(4-8-24-12)16(22)21-7-9-25-13(11-21)10-20(3)15-17(23)19(2)6-5-18-15/h4-6,8,13H,7,9-11H2,1-3H3/t13-/m1/s1. The van der Waals surface area contributed by atoms with Crippen molar-refractivity contribution in [1.29, 1.82) is 0 Å². The van der Waals surface area contributed by atoms with Crippen LogP contribution in [-0.4, -0.2) is 59.8 Å². The first kappa shape index (κ1) is 17.2. The number of aryl methyl sites for hydroxylation is 2. The van der Waals surface area contributed by atoms with Gasteiger partial charge in [0, 0.05) is 46.1 Å². The lowest BCUT2D eigenvalue weighted by atomic mass is 10.2. The molecule has 2 aromatic heterocycles. The van der Waals surface area contributed by atoms with Gasteiger partial charge in [0.25, 0.3) is 11.5 Å². The highest BCUT2D eigenvalue weighted by Crippen LogP contribution is 2.16. The van der Waals surface area contributed by atoms with Gasteiger partial charge in [-0.1, -0.05) is 0 Å². The van der Waals surface area contributed by atoms with Gasteiger partial charge in [-0.15, -0.1) is 0 Å². The van der Waals surface area contributed by atoms with Crippen LogP contribution in [0.3, 0.4) is 0 Å². The topological polar surface area (TPSA) is 80.8 Å². The molecular formula is C17H22N4O4. The van der Waals surface area contributed by atoms with E-state index in [-0.39, 0.29) is 17.6 Å². The lowest BCUT2D eigenvalue weighted by Gasteiger charge is -2.34. The van der Waals surface area contributed by atoms with Crippen LogP contribution in [0.4, 0.5) is 5.82 Å². The Labute approximate surface area is 145 Å². The van der Waals surface area contributed by atoms with E-state index >= 15 is 0 Å². The maximum Gasteiger partial charge on any atom is 0.293 e. The van der Waals surface area contributed by atoms with Crippen LogP contribution >= 0.6 is 0 Å². The van der Waals surface area contributed by atoms with Crippen molar-refractivity contribution in [3.05, 3.63) is 46.4 Å². The van der Waals surface area contributed by atoms with E-state index < -0.39 is 0 Å². The van der Waals surface area contributed by atoms with Gasteiger partial charge in [0.15, 0.2) is 5.82 Å². The fourth-order valence-electron chi connectivity index (χ4n) is 2.93. The molecule has 0 unspecified atom stereocenters. The van der Waals surface area contributed by atoms with Gasteiger partial charge in [0.05, 0.1) is 24.5 Å². The number of nitrogens with zero attached hydrogens (tertiary/aromatic N) is 4. The predicted octanol–water partition coefficient (Wildman–Crippen LogP) is 0.659. The van der Waals surface area contributed by atoms with Crippen LogP contribution in [-0.2, 0) is 11.8 Å². The maximum absolute atomic E-state index is 12.6. The van der Waals surface area contributed by atoms with Gasteiger partial charge in [-0.2, -0.15) is 0 Å². The molecule has 0 aromatic carbocycles. The number of morpholine rings is 1.